The number of nitrogens with one attached hydrogen (secondary N) is 1. The summed E-state index contributed by atoms with van der Waals surface area (Å²) < 4.78 is 47.5. The van der Waals surface area contributed by atoms with E-state index >= 15 is 0 Å². The van der Waals surface area contributed by atoms with E-state index in [1.807, 2.05) is 0 Å². The van der Waals surface area contributed by atoms with Crippen molar-refractivity contribution in [3.05, 3.63) is 47.0 Å². The Balaban J connectivity index is 1.84. The summed E-state index contributed by atoms with van der Waals surface area (Å²) in [5.74, 6) is 0.515. The molecule has 0 aliphatic rings. The number of alkyl halides is 3. The van der Waals surface area contributed by atoms with Gasteiger partial charge in [0.15, 0.2) is 12.4 Å². The monoisotopic (exact) mass is 393 g/mol. The standard InChI is InChI=1S/C19H18F3N3O3/c1-10-8-23-14(11(2)17(10)28-9-19(20,21)22)7-16(26)18-24-13-5-4-12(27-3)6-15(13)25-18/h4-6,8H,7,9H2,1-3H3,(H,24,25). The number of ketones is 1. The Labute approximate surface area is 158 Å². The van der Waals surface area contributed by atoms with Crippen LogP contribution in [-0.2, 0) is 6.42 Å². The SMILES string of the molecule is COc1ccc2nc(C(=O)Cc3ncc(C)c(OCC(F)(F)F)c3C)[nH]c2c1. The maximum absolute atomic E-state index is 12.6. The fourth-order valence-corrected chi connectivity index (χ4v) is 2.79. The number of benzene rings is 1. The fraction of sp³-hybridized carbons (Fsp3) is 0.316. The first kappa shape index (κ1) is 19.7. The number of methoxy groups -OCH3 is 1. The molecule has 0 aliphatic heterocycles. The summed E-state index contributed by atoms with van der Waals surface area (Å²) in [5, 5.41) is 0. The lowest BCUT2D eigenvalue weighted by atomic mass is 10.1. The molecule has 0 fully saturated rings. The molecule has 1 N–H and O–H groups in total. The van der Waals surface area contributed by atoms with Crippen LogP contribution in [0, 0.1) is 13.8 Å². The van der Waals surface area contributed by atoms with Crippen LogP contribution in [0.3, 0.4) is 0 Å². The minimum absolute atomic E-state index is 0.0875. The predicted octanol–water partition coefficient (Wildman–Crippen LogP) is 3.95. The number of rotatable bonds is 6. The molecule has 28 heavy (non-hydrogen) atoms. The number of aryl methyl sites for hydroxylation is 1. The largest absolute Gasteiger partial charge is 0.497 e. The summed E-state index contributed by atoms with van der Waals surface area (Å²) in [5.41, 5.74) is 2.45. The molecule has 0 spiro atoms. The molecule has 0 aliphatic carbocycles. The van der Waals surface area contributed by atoms with E-state index in [0.717, 1.165) is 0 Å². The van der Waals surface area contributed by atoms with Crippen LogP contribution >= 0.6 is 0 Å². The molecular weight excluding hydrogens is 375 g/mol. The van der Waals surface area contributed by atoms with Gasteiger partial charge in [0.05, 0.1) is 30.3 Å². The van der Waals surface area contributed by atoms with Gasteiger partial charge in [-0.05, 0) is 26.0 Å². The van der Waals surface area contributed by atoms with Gasteiger partial charge in [-0.25, -0.2) is 4.98 Å². The molecule has 3 aromatic rings. The number of hydrogen-bond donors (Lipinski definition) is 1. The molecule has 148 valence electrons. The van der Waals surface area contributed by atoms with E-state index in [9.17, 15) is 18.0 Å². The van der Waals surface area contributed by atoms with Crippen LogP contribution in [0.25, 0.3) is 11.0 Å². The molecule has 0 saturated heterocycles. The van der Waals surface area contributed by atoms with Crippen LogP contribution in [0.2, 0.25) is 0 Å². The lowest BCUT2D eigenvalue weighted by molar-refractivity contribution is -0.153. The normalized spacial score (nSPS) is 11.6. The second kappa shape index (κ2) is 7.49. The Morgan fingerprint density at radius 2 is 2.00 bits per heavy atom. The molecule has 0 atom stereocenters. The summed E-state index contributed by atoms with van der Waals surface area (Å²) in [6, 6.07) is 5.17. The molecular formula is C19H18F3N3O3. The minimum atomic E-state index is -4.45. The van der Waals surface area contributed by atoms with Crippen LogP contribution < -0.4 is 9.47 Å². The van der Waals surface area contributed by atoms with Gasteiger partial charge in [-0.1, -0.05) is 0 Å². The third kappa shape index (κ3) is 4.24. The predicted molar refractivity (Wildman–Crippen MR) is 95.9 cm³/mol. The zero-order valence-corrected chi connectivity index (χ0v) is 15.5. The molecule has 0 amide bonds. The van der Waals surface area contributed by atoms with Crippen molar-refractivity contribution < 1.29 is 27.4 Å². The molecule has 0 saturated carbocycles. The topological polar surface area (TPSA) is 77.1 Å². The molecule has 6 nitrogen and oxygen atoms in total. The lowest BCUT2D eigenvalue weighted by Gasteiger charge is -2.15. The van der Waals surface area contributed by atoms with Crippen LogP contribution in [0.1, 0.15) is 27.4 Å². The highest BCUT2D eigenvalue weighted by molar-refractivity contribution is 5.97. The number of ether oxygens (including phenoxy) is 2. The van der Waals surface area contributed by atoms with Crippen molar-refractivity contribution in [1.29, 1.82) is 0 Å². The number of nitrogens with zero attached hydrogens (tertiary/aromatic N) is 2. The Hall–Kier alpha value is -3.10. The number of carbonyl (C=O) groups is 1. The van der Waals surface area contributed by atoms with Gasteiger partial charge in [-0.3, -0.25) is 9.78 Å². The highest BCUT2D eigenvalue weighted by atomic mass is 19.4. The number of aromatic amines is 1. The Kier molecular flexibility index (Phi) is 5.26. The fourth-order valence-electron chi connectivity index (χ4n) is 2.79. The number of halogens is 3. The van der Waals surface area contributed by atoms with Crippen molar-refractivity contribution in [2.75, 3.05) is 13.7 Å². The van der Waals surface area contributed by atoms with Crippen molar-refractivity contribution in [3.63, 3.8) is 0 Å². The van der Waals surface area contributed by atoms with Crippen molar-refractivity contribution in [2.24, 2.45) is 0 Å². The number of carbonyl (C=O) groups excluding carboxylic acids is 1. The van der Waals surface area contributed by atoms with Crippen molar-refractivity contribution >= 4 is 16.8 Å². The van der Waals surface area contributed by atoms with Gasteiger partial charge in [0.2, 0.25) is 5.78 Å². The highest BCUT2D eigenvalue weighted by Gasteiger charge is 2.29. The van der Waals surface area contributed by atoms with Crippen LogP contribution in [0.4, 0.5) is 13.2 Å². The van der Waals surface area contributed by atoms with Crippen molar-refractivity contribution in [3.8, 4) is 11.5 Å². The van der Waals surface area contributed by atoms with E-state index in [-0.39, 0.29) is 23.8 Å². The Bertz CT molecular complexity index is 1030. The summed E-state index contributed by atoms with van der Waals surface area (Å²) in [6.45, 7) is 1.78. The zero-order chi connectivity index (χ0) is 20.5. The number of imidazole rings is 1. The molecule has 9 heteroatoms. The summed E-state index contributed by atoms with van der Waals surface area (Å²) in [7, 11) is 1.54. The van der Waals surface area contributed by atoms with Gasteiger partial charge in [-0.15, -0.1) is 0 Å². The molecule has 0 unspecified atom stereocenters. The van der Waals surface area contributed by atoms with Crippen molar-refractivity contribution in [2.45, 2.75) is 26.4 Å². The maximum Gasteiger partial charge on any atom is 0.422 e. The van der Waals surface area contributed by atoms with E-state index in [2.05, 4.69) is 15.0 Å². The first-order valence-electron chi connectivity index (χ1n) is 8.39. The summed E-state index contributed by atoms with van der Waals surface area (Å²) in [4.78, 5) is 24.0. The zero-order valence-electron chi connectivity index (χ0n) is 15.5. The molecule has 2 aromatic heterocycles. The lowest BCUT2D eigenvalue weighted by Crippen LogP contribution is -2.20. The van der Waals surface area contributed by atoms with E-state index in [0.29, 0.717) is 33.6 Å². The molecule has 3 rings (SSSR count). The number of aromatic nitrogens is 3. The average molecular weight is 393 g/mol. The van der Waals surface area contributed by atoms with Crippen LogP contribution in [0.5, 0.6) is 11.5 Å². The Morgan fingerprint density at radius 3 is 2.68 bits per heavy atom. The summed E-state index contributed by atoms with van der Waals surface area (Å²) >= 11 is 0. The third-order valence-electron chi connectivity index (χ3n) is 4.21. The van der Waals surface area contributed by atoms with Crippen LogP contribution in [0.15, 0.2) is 24.4 Å². The second-order valence-corrected chi connectivity index (χ2v) is 6.31. The second-order valence-electron chi connectivity index (χ2n) is 6.31. The maximum atomic E-state index is 12.6. The van der Waals surface area contributed by atoms with Gasteiger partial charge < -0.3 is 14.5 Å². The number of fused-ring (bicyclic) bond motifs is 1. The number of pyridine rings is 1. The summed E-state index contributed by atoms with van der Waals surface area (Å²) in [6.07, 6.45) is -3.18. The van der Waals surface area contributed by atoms with Crippen molar-refractivity contribution in [1.82, 2.24) is 15.0 Å². The van der Waals surface area contributed by atoms with E-state index < -0.39 is 12.8 Å². The smallest absolute Gasteiger partial charge is 0.422 e. The minimum Gasteiger partial charge on any atom is -0.497 e. The van der Waals surface area contributed by atoms with E-state index in [4.69, 9.17) is 9.47 Å². The Morgan fingerprint density at radius 1 is 1.25 bits per heavy atom. The molecule has 0 radical (unpaired) electrons. The van der Waals surface area contributed by atoms with E-state index in [1.165, 1.54) is 13.3 Å². The van der Waals surface area contributed by atoms with Gasteiger partial charge in [0.25, 0.3) is 0 Å². The quantitative estimate of drug-likeness (QED) is 0.642. The van der Waals surface area contributed by atoms with E-state index in [1.54, 1.807) is 32.0 Å². The molecule has 2 heterocycles. The average Bonchev–Trinajstić information content (AvgIpc) is 3.06. The number of H-pyrrole nitrogens is 1. The van der Waals surface area contributed by atoms with Crippen LogP contribution in [-0.4, -0.2) is 40.6 Å². The number of hydrogen-bond acceptors (Lipinski definition) is 5. The first-order chi connectivity index (χ1) is 13.2. The number of Topliss-reactive ketones (excluding diaryl/α,β-unsaturated/α-hetero) is 1. The van der Waals surface area contributed by atoms with Gasteiger partial charge >= 0.3 is 6.18 Å². The first-order valence-corrected chi connectivity index (χ1v) is 8.39. The van der Waals surface area contributed by atoms with Gasteiger partial charge in [0, 0.05) is 23.4 Å². The highest BCUT2D eigenvalue weighted by Crippen LogP contribution is 2.28. The molecule has 1 aromatic carbocycles. The van der Waals surface area contributed by atoms with Gasteiger partial charge in [0.1, 0.15) is 11.5 Å². The van der Waals surface area contributed by atoms with Gasteiger partial charge in [-0.2, -0.15) is 13.2 Å². The third-order valence-corrected chi connectivity index (χ3v) is 4.21. The molecule has 0 bridgehead atoms.